The van der Waals surface area contributed by atoms with Gasteiger partial charge in [-0.3, -0.25) is 9.69 Å². The Morgan fingerprint density at radius 1 is 1.54 bits per heavy atom. The first kappa shape index (κ1) is 8.97. The molecule has 0 bridgehead atoms. The van der Waals surface area contributed by atoms with Crippen LogP contribution in [0.1, 0.15) is 6.42 Å². The molecule has 1 atom stereocenters. The lowest BCUT2D eigenvalue weighted by Crippen LogP contribution is -2.55. The molecule has 1 N–H and O–H groups in total. The second kappa shape index (κ2) is 3.27. The topological polar surface area (TPSA) is 43.8 Å². The van der Waals surface area contributed by atoms with Gasteiger partial charge in [0.25, 0.3) is 0 Å². The van der Waals surface area contributed by atoms with E-state index >= 15 is 0 Å². The minimum absolute atomic E-state index is 0.104. The molecule has 0 saturated carbocycles. The average molecular weight is 184 g/mol. The maximum atomic E-state index is 11.6. The molecule has 2 aliphatic heterocycles. The molecule has 4 nitrogen and oxygen atoms in total. The number of rotatable bonds is 2. The van der Waals surface area contributed by atoms with Crippen molar-refractivity contribution in [1.82, 2.24) is 9.80 Å². The Kier molecular flexibility index (Phi) is 2.26. The molecular formula is C9H16N2O2. The number of hydrogen-bond donors (Lipinski definition) is 1. The van der Waals surface area contributed by atoms with Crippen molar-refractivity contribution >= 4 is 5.91 Å². The van der Waals surface area contributed by atoms with Gasteiger partial charge in [-0.2, -0.15) is 0 Å². The van der Waals surface area contributed by atoms with E-state index in [9.17, 15) is 4.79 Å². The van der Waals surface area contributed by atoms with Crippen LogP contribution < -0.4 is 0 Å². The monoisotopic (exact) mass is 184 g/mol. The number of hydrogen-bond acceptors (Lipinski definition) is 3. The molecule has 1 amide bonds. The fraction of sp³-hybridized carbons (Fsp3) is 0.889. The Morgan fingerprint density at radius 2 is 2.23 bits per heavy atom. The third-order valence-electron chi connectivity index (χ3n) is 3.08. The summed E-state index contributed by atoms with van der Waals surface area (Å²) in [4.78, 5) is 15.5. The van der Waals surface area contributed by atoms with E-state index in [1.165, 1.54) is 0 Å². The van der Waals surface area contributed by atoms with Gasteiger partial charge >= 0.3 is 0 Å². The molecule has 0 aliphatic carbocycles. The maximum Gasteiger partial charge on any atom is 0.239 e. The largest absolute Gasteiger partial charge is 0.396 e. The fourth-order valence-corrected chi connectivity index (χ4v) is 2.12. The molecule has 4 heteroatoms. The van der Waals surface area contributed by atoms with E-state index in [0.29, 0.717) is 5.92 Å². The Hall–Kier alpha value is -0.610. The van der Waals surface area contributed by atoms with Crippen molar-refractivity contribution < 1.29 is 9.90 Å². The summed E-state index contributed by atoms with van der Waals surface area (Å²) in [6.07, 6.45) is 0.952. The summed E-state index contributed by atoms with van der Waals surface area (Å²) in [7, 11) is 1.85. The minimum atomic E-state index is 0.104. The molecule has 2 aliphatic rings. The van der Waals surface area contributed by atoms with E-state index in [0.717, 1.165) is 26.1 Å². The van der Waals surface area contributed by atoms with E-state index in [1.807, 2.05) is 7.05 Å². The van der Waals surface area contributed by atoms with E-state index in [2.05, 4.69) is 4.90 Å². The van der Waals surface area contributed by atoms with Gasteiger partial charge in [0.05, 0.1) is 6.04 Å². The van der Waals surface area contributed by atoms with Gasteiger partial charge in [0.2, 0.25) is 5.91 Å². The first-order valence-corrected chi connectivity index (χ1v) is 4.82. The Labute approximate surface area is 78.1 Å². The molecule has 2 saturated heterocycles. The lowest BCUT2D eigenvalue weighted by atomic mass is 9.98. The molecule has 0 aromatic carbocycles. The van der Waals surface area contributed by atoms with Gasteiger partial charge in [-0.05, 0) is 6.42 Å². The standard InChI is InChI=1S/C9H16N2O2/c1-10-3-2-8(9(10)13)11-4-7(5-11)6-12/h7-8,12H,2-6H2,1H3. The Bertz CT molecular complexity index is 214. The summed E-state index contributed by atoms with van der Waals surface area (Å²) in [5.74, 6) is 0.648. The van der Waals surface area contributed by atoms with Crippen LogP contribution >= 0.6 is 0 Å². The molecule has 2 fully saturated rings. The summed E-state index contributed by atoms with van der Waals surface area (Å²) in [5, 5.41) is 8.84. The minimum Gasteiger partial charge on any atom is -0.396 e. The van der Waals surface area contributed by atoms with Gasteiger partial charge in [-0.1, -0.05) is 0 Å². The van der Waals surface area contributed by atoms with Crippen molar-refractivity contribution in [2.24, 2.45) is 5.92 Å². The second-order valence-corrected chi connectivity index (χ2v) is 4.07. The molecule has 1 unspecified atom stereocenters. The number of likely N-dealkylation sites (tertiary alicyclic amines) is 2. The van der Waals surface area contributed by atoms with Crippen LogP contribution in [0.3, 0.4) is 0 Å². The molecule has 0 aromatic heterocycles. The van der Waals surface area contributed by atoms with Crippen LogP contribution in [0.25, 0.3) is 0 Å². The molecule has 2 rings (SSSR count). The molecule has 0 spiro atoms. The molecule has 2 heterocycles. The highest BCUT2D eigenvalue weighted by atomic mass is 16.3. The number of carbonyl (C=O) groups excluding carboxylic acids is 1. The zero-order chi connectivity index (χ0) is 9.42. The molecule has 0 aromatic rings. The molecular weight excluding hydrogens is 168 g/mol. The first-order chi connectivity index (χ1) is 6.22. The third-order valence-corrected chi connectivity index (χ3v) is 3.08. The predicted molar refractivity (Wildman–Crippen MR) is 48.2 cm³/mol. The van der Waals surface area contributed by atoms with E-state index in [4.69, 9.17) is 5.11 Å². The highest BCUT2D eigenvalue weighted by Gasteiger charge is 2.39. The number of aliphatic hydroxyl groups excluding tert-OH is 1. The lowest BCUT2D eigenvalue weighted by Gasteiger charge is -2.41. The van der Waals surface area contributed by atoms with Crippen LogP contribution in [0, 0.1) is 5.92 Å². The summed E-state index contributed by atoms with van der Waals surface area (Å²) in [6.45, 7) is 2.92. The Balaban J connectivity index is 1.87. The number of aliphatic hydroxyl groups is 1. The number of amides is 1. The predicted octanol–water partition coefficient (Wildman–Crippen LogP) is -0.859. The third kappa shape index (κ3) is 1.44. The van der Waals surface area contributed by atoms with Gasteiger partial charge in [0.15, 0.2) is 0 Å². The van der Waals surface area contributed by atoms with Gasteiger partial charge < -0.3 is 10.0 Å². The van der Waals surface area contributed by atoms with Crippen LogP contribution in [0.15, 0.2) is 0 Å². The zero-order valence-corrected chi connectivity index (χ0v) is 7.94. The SMILES string of the molecule is CN1CCC(N2CC(CO)C2)C1=O. The van der Waals surface area contributed by atoms with Crippen LogP contribution in [0.2, 0.25) is 0 Å². The van der Waals surface area contributed by atoms with Crippen molar-refractivity contribution in [2.45, 2.75) is 12.5 Å². The van der Waals surface area contributed by atoms with Gasteiger partial charge in [0.1, 0.15) is 0 Å². The van der Waals surface area contributed by atoms with Crippen LogP contribution in [0.5, 0.6) is 0 Å². The van der Waals surface area contributed by atoms with Crippen molar-refractivity contribution in [1.29, 1.82) is 0 Å². The lowest BCUT2D eigenvalue weighted by molar-refractivity contribution is -0.133. The van der Waals surface area contributed by atoms with E-state index < -0.39 is 0 Å². The van der Waals surface area contributed by atoms with E-state index in [-0.39, 0.29) is 18.6 Å². The van der Waals surface area contributed by atoms with Crippen molar-refractivity contribution in [2.75, 3.05) is 33.3 Å². The molecule has 74 valence electrons. The van der Waals surface area contributed by atoms with Gasteiger partial charge in [-0.25, -0.2) is 0 Å². The smallest absolute Gasteiger partial charge is 0.239 e. The van der Waals surface area contributed by atoms with Crippen LogP contribution in [-0.4, -0.2) is 60.1 Å². The summed E-state index contributed by atoms with van der Waals surface area (Å²) < 4.78 is 0. The first-order valence-electron chi connectivity index (χ1n) is 4.82. The van der Waals surface area contributed by atoms with E-state index in [1.54, 1.807) is 4.90 Å². The normalized spacial score (nSPS) is 31.1. The molecule has 13 heavy (non-hydrogen) atoms. The zero-order valence-electron chi connectivity index (χ0n) is 7.94. The highest BCUT2D eigenvalue weighted by Crippen LogP contribution is 2.24. The molecule has 0 radical (unpaired) electrons. The summed E-state index contributed by atoms with van der Waals surface area (Å²) in [6, 6.07) is 0.104. The van der Waals surface area contributed by atoms with Crippen LogP contribution in [-0.2, 0) is 4.79 Å². The van der Waals surface area contributed by atoms with Crippen molar-refractivity contribution in [3.63, 3.8) is 0 Å². The quantitative estimate of drug-likeness (QED) is 0.607. The van der Waals surface area contributed by atoms with Crippen molar-refractivity contribution in [3.8, 4) is 0 Å². The van der Waals surface area contributed by atoms with Crippen molar-refractivity contribution in [3.05, 3.63) is 0 Å². The van der Waals surface area contributed by atoms with Gasteiger partial charge in [0, 0.05) is 39.2 Å². The second-order valence-electron chi connectivity index (χ2n) is 4.07. The number of likely N-dealkylation sites (N-methyl/N-ethyl adjacent to an activating group) is 1. The summed E-state index contributed by atoms with van der Waals surface area (Å²) in [5.41, 5.74) is 0. The number of carbonyl (C=O) groups is 1. The van der Waals surface area contributed by atoms with Crippen LogP contribution in [0.4, 0.5) is 0 Å². The highest BCUT2D eigenvalue weighted by molar-refractivity contribution is 5.83. The summed E-state index contributed by atoms with van der Waals surface area (Å²) >= 11 is 0. The average Bonchev–Trinajstić information content (AvgIpc) is 2.34. The Morgan fingerprint density at radius 3 is 2.69 bits per heavy atom. The maximum absolute atomic E-state index is 11.6. The fourth-order valence-electron chi connectivity index (χ4n) is 2.12. The van der Waals surface area contributed by atoms with Gasteiger partial charge in [-0.15, -0.1) is 0 Å². The number of nitrogens with zero attached hydrogens (tertiary/aromatic N) is 2.